The molecule has 13 heavy (non-hydrogen) atoms. The van der Waals surface area contributed by atoms with Gasteiger partial charge in [-0.3, -0.25) is 0 Å². The first kappa shape index (κ1) is 14.5. The van der Waals surface area contributed by atoms with Crippen LogP contribution in [0, 0.1) is 11.8 Å². The molecule has 1 fully saturated rings. The third kappa shape index (κ3) is 6.52. The summed E-state index contributed by atoms with van der Waals surface area (Å²) < 4.78 is 35.7. The minimum absolute atomic E-state index is 0. The second-order valence-electron chi connectivity index (χ2n) is 3.90. The van der Waals surface area contributed by atoms with Gasteiger partial charge in [0, 0.05) is 0 Å². The molecule has 0 aromatic heterocycles. The predicted molar refractivity (Wildman–Crippen MR) is 43.8 cm³/mol. The van der Waals surface area contributed by atoms with Crippen LogP contribution in [0.5, 0.6) is 0 Å². The summed E-state index contributed by atoms with van der Waals surface area (Å²) in [7, 11) is 1.54. The summed E-state index contributed by atoms with van der Waals surface area (Å²) in [6, 6.07) is 0. The normalized spacial score (nSPS) is 27.2. The van der Waals surface area contributed by atoms with E-state index >= 15 is 0 Å². The number of nitrogens with zero attached hydrogens (tertiary/aromatic N) is 1. The Kier molecular flexibility index (Phi) is 6.13. The maximum absolute atomic E-state index is 11.9. The molecule has 1 aliphatic rings. The number of hydrogen-bond donors (Lipinski definition) is 0. The molecule has 2 unspecified atom stereocenters. The Balaban J connectivity index is 0.00000144. The van der Waals surface area contributed by atoms with Crippen LogP contribution in [0.1, 0.15) is 13.3 Å². The van der Waals surface area contributed by atoms with E-state index < -0.39 is 13.4 Å². The minimum Gasteiger partial charge on any atom is -0.448 e. The van der Waals surface area contributed by atoms with Crippen molar-refractivity contribution in [3.05, 3.63) is 0 Å². The van der Waals surface area contributed by atoms with E-state index in [1.54, 1.807) is 7.05 Å². The first-order valence-electron chi connectivity index (χ1n) is 4.28. The number of halogens is 3. The molecular weight excluding hydrogens is 205 g/mol. The van der Waals surface area contributed by atoms with Gasteiger partial charge in [0.25, 0.3) is 0 Å². The summed E-state index contributed by atoms with van der Waals surface area (Å²) in [5.74, 6) is 1.14. The van der Waals surface area contributed by atoms with Gasteiger partial charge in [0.05, 0.1) is 0 Å². The van der Waals surface area contributed by atoms with Crippen molar-refractivity contribution in [2.45, 2.75) is 13.3 Å². The Morgan fingerprint density at radius 3 is 2.15 bits per heavy atom. The zero-order chi connectivity index (χ0) is 9.35. The van der Waals surface area contributed by atoms with E-state index in [1.807, 2.05) is 0 Å². The van der Waals surface area contributed by atoms with Gasteiger partial charge in [-0.15, -0.1) is 0 Å². The van der Waals surface area contributed by atoms with E-state index in [2.05, 4.69) is 6.92 Å². The van der Waals surface area contributed by atoms with Gasteiger partial charge in [-0.25, -0.2) is 0 Å². The summed E-state index contributed by atoms with van der Waals surface area (Å²) in [4.78, 5) is 1.38. The summed E-state index contributed by atoms with van der Waals surface area (Å²) in [5.41, 5.74) is 0. The summed E-state index contributed by atoms with van der Waals surface area (Å²) in [6.07, 6.45) is 0.373. The van der Waals surface area contributed by atoms with E-state index in [0.29, 0.717) is 18.4 Å². The molecular formula is C7H14BF3KN. The van der Waals surface area contributed by atoms with Crippen molar-refractivity contribution in [2.24, 2.45) is 11.8 Å². The molecule has 1 saturated carbocycles. The van der Waals surface area contributed by atoms with Gasteiger partial charge in [-0.2, -0.15) is 0 Å². The Morgan fingerprint density at radius 2 is 1.85 bits per heavy atom. The average molecular weight is 219 g/mol. The molecule has 0 spiro atoms. The molecule has 0 heterocycles. The molecule has 0 radical (unpaired) electrons. The number of rotatable bonds is 4. The van der Waals surface area contributed by atoms with Crippen LogP contribution < -0.4 is 51.4 Å². The van der Waals surface area contributed by atoms with Gasteiger partial charge in [-0.1, -0.05) is 6.92 Å². The standard InChI is InChI=1S/C7H14BF3N.K/c1-6-3-7(6)4-12(2)5-8(9,10)11;/h6-7H,3-5H2,1-2H3;/q-1;+1. The fraction of sp³-hybridized carbons (Fsp3) is 1.00. The van der Waals surface area contributed by atoms with Crippen LogP contribution in [0.25, 0.3) is 0 Å². The van der Waals surface area contributed by atoms with Gasteiger partial charge >= 0.3 is 58.4 Å². The van der Waals surface area contributed by atoms with Crippen LogP contribution in [0.4, 0.5) is 12.9 Å². The van der Waals surface area contributed by atoms with Crippen molar-refractivity contribution in [2.75, 3.05) is 20.0 Å². The molecule has 0 saturated heterocycles. The van der Waals surface area contributed by atoms with E-state index in [0.717, 1.165) is 6.42 Å². The van der Waals surface area contributed by atoms with Crippen molar-refractivity contribution in [1.82, 2.24) is 4.90 Å². The fourth-order valence-corrected chi connectivity index (χ4v) is 1.48. The molecule has 0 N–H and O–H groups in total. The second kappa shape index (κ2) is 5.51. The van der Waals surface area contributed by atoms with E-state index in [1.165, 1.54) is 4.90 Å². The van der Waals surface area contributed by atoms with Gasteiger partial charge in [0.2, 0.25) is 0 Å². The van der Waals surface area contributed by atoms with E-state index in [9.17, 15) is 12.9 Å². The van der Waals surface area contributed by atoms with E-state index in [4.69, 9.17) is 0 Å². The van der Waals surface area contributed by atoms with Gasteiger partial charge in [0.15, 0.2) is 0 Å². The van der Waals surface area contributed by atoms with Crippen LogP contribution in [0.3, 0.4) is 0 Å². The fourth-order valence-electron chi connectivity index (χ4n) is 1.48. The Morgan fingerprint density at radius 1 is 1.38 bits per heavy atom. The van der Waals surface area contributed by atoms with Crippen LogP contribution in [0.2, 0.25) is 0 Å². The van der Waals surface area contributed by atoms with Gasteiger partial charge < -0.3 is 17.8 Å². The molecule has 1 nitrogen and oxygen atoms in total. The minimum atomic E-state index is -4.64. The van der Waals surface area contributed by atoms with Crippen LogP contribution >= 0.6 is 0 Å². The zero-order valence-electron chi connectivity index (χ0n) is 8.43. The Labute approximate surface area is 120 Å². The molecule has 1 aliphatic carbocycles. The smallest absolute Gasteiger partial charge is 0.448 e. The van der Waals surface area contributed by atoms with Crippen LogP contribution in [0.15, 0.2) is 0 Å². The van der Waals surface area contributed by atoms with Crippen LogP contribution in [-0.2, 0) is 0 Å². The molecule has 0 aromatic carbocycles. The molecule has 2 atom stereocenters. The zero-order valence-corrected chi connectivity index (χ0v) is 11.6. The Bertz CT molecular complexity index is 164. The summed E-state index contributed by atoms with van der Waals surface area (Å²) in [6.45, 7) is -1.96. The molecule has 0 aromatic rings. The van der Waals surface area contributed by atoms with E-state index in [-0.39, 0.29) is 51.4 Å². The van der Waals surface area contributed by atoms with Gasteiger partial charge in [0.1, 0.15) is 0 Å². The SMILES string of the molecule is CC1CC1CN(C)C[B-](F)(F)F.[K+]. The second-order valence-corrected chi connectivity index (χ2v) is 3.90. The number of hydrogen-bond acceptors (Lipinski definition) is 1. The molecule has 1 rings (SSSR count). The first-order chi connectivity index (χ1) is 5.38. The summed E-state index contributed by atoms with van der Waals surface area (Å²) >= 11 is 0. The Hall–Kier alpha value is 1.45. The monoisotopic (exact) mass is 219 g/mol. The molecule has 0 amide bonds. The van der Waals surface area contributed by atoms with Crippen molar-refractivity contribution in [3.63, 3.8) is 0 Å². The third-order valence-corrected chi connectivity index (χ3v) is 2.34. The van der Waals surface area contributed by atoms with Crippen molar-refractivity contribution in [1.29, 1.82) is 0 Å². The quantitative estimate of drug-likeness (QED) is 0.546. The summed E-state index contributed by atoms with van der Waals surface area (Å²) in [5, 5.41) is 0. The molecule has 0 aliphatic heterocycles. The topological polar surface area (TPSA) is 3.24 Å². The average Bonchev–Trinajstić information content (AvgIpc) is 2.40. The van der Waals surface area contributed by atoms with Crippen LogP contribution in [-0.4, -0.2) is 31.9 Å². The maximum atomic E-state index is 11.9. The largest absolute Gasteiger partial charge is 1.00 e. The molecule has 6 heteroatoms. The molecule has 72 valence electrons. The van der Waals surface area contributed by atoms with Crippen molar-refractivity contribution in [3.8, 4) is 0 Å². The maximum Gasteiger partial charge on any atom is 1.00 e. The third-order valence-electron chi connectivity index (χ3n) is 2.34. The van der Waals surface area contributed by atoms with Crippen molar-refractivity contribution >= 4 is 6.98 Å². The van der Waals surface area contributed by atoms with Gasteiger partial charge in [-0.05, 0) is 38.3 Å². The first-order valence-corrected chi connectivity index (χ1v) is 4.28. The predicted octanol–water partition coefficient (Wildman–Crippen LogP) is -1.04. The molecule has 0 bridgehead atoms. The van der Waals surface area contributed by atoms with Crippen molar-refractivity contribution < 1.29 is 64.3 Å².